The highest BCUT2D eigenvalue weighted by atomic mass is 16.5. The second-order valence-corrected chi connectivity index (χ2v) is 5.84. The highest BCUT2D eigenvalue weighted by molar-refractivity contribution is 6.01. The van der Waals surface area contributed by atoms with Crippen molar-refractivity contribution in [2.45, 2.75) is 38.6 Å². The Morgan fingerprint density at radius 2 is 2.14 bits per heavy atom. The minimum absolute atomic E-state index is 0.734. The molecule has 1 heterocycles. The van der Waals surface area contributed by atoms with Crippen LogP contribution in [0, 0.1) is 5.92 Å². The van der Waals surface area contributed by atoms with Gasteiger partial charge < -0.3 is 14.5 Å². The zero-order valence-electron chi connectivity index (χ0n) is 12.5. The van der Waals surface area contributed by atoms with Crippen LogP contribution in [0.3, 0.4) is 0 Å². The van der Waals surface area contributed by atoms with Crippen molar-refractivity contribution in [2.75, 3.05) is 7.11 Å². The summed E-state index contributed by atoms with van der Waals surface area (Å²) >= 11 is 0. The summed E-state index contributed by atoms with van der Waals surface area (Å²) in [5.41, 5.74) is 2.03. The first kappa shape index (κ1) is 14.0. The van der Waals surface area contributed by atoms with Gasteiger partial charge in [0, 0.05) is 23.7 Å². The summed E-state index contributed by atoms with van der Waals surface area (Å²) in [6, 6.07) is 6.01. The number of para-hydroxylation sites is 1. The average molecular weight is 286 g/mol. The zero-order valence-corrected chi connectivity index (χ0v) is 12.5. The predicted molar refractivity (Wildman–Crippen MR) is 84.4 cm³/mol. The molecule has 4 heteroatoms. The monoisotopic (exact) mass is 286 g/mol. The average Bonchev–Trinajstić information content (AvgIpc) is 2.87. The topological polar surface area (TPSA) is 46.8 Å². The van der Waals surface area contributed by atoms with Gasteiger partial charge in [0.2, 0.25) is 0 Å². The molecule has 1 aromatic heterocycles. The first-order valence-corrected chi connectivity index (χ1v) is 7.66. The van der Waals surface area contributed by atoms with Crippen molar-refractivity contribution in [1.29, 1.82) is 0 Å². The number of methoxy groups -OCH3 is 1. The lowest BCUT2D eigenvalue weighted by Crippen LogP contribution is -2.13. The maximum Gasteiger partial charge on any atom is 0.143 e. The lowest BCUT2D eigenvalue weighted by molar-refractivity contribution is 0.320. The molecular weight excluding hydrogens is 264 g/mol. The van der Waals surface area contributed by atoms with E-state index in [2.05, 4.69) is 15.9 Å². The van der Waals surface area contributed by atoms with Gasteiger partial charge in [-0.2, -0.15) is 0 Å². The van der Waals surface area contributed by atoms with Crippen LogP contribution >= 0.6 is 0 Å². The van der Waals surface area contributed by atoms with Gasteiger partial charge in [-0.05, 0) is 24.8 Å². The van der Waals surface area contributed by atoms with Gasteiger partial charge in [0.1, 0.15) is 5.75 Å². The number of ether oxygens (including phenoxy) is 1. The second kappa shape index (κ2) is 6.20. The number of rotatable bonds is 4. The normalized spacial score (nSPS) is 16.8. The first-order chi connectivity index (χ1) is 10.3. The van der Waals surface area contributed by atoms with E-state index in [1.54, 1.807) is 7.11 Å². The Kier molecular flexibility index (Phi) is 4.13. The number of hydrogen-bond donors (Lipinski definition) is 1. The van der Waals surface area contributed by atoms with Crippen molar-refractivity contribution in [3.63, 3.8) is 0 Å². The van der Waals surface area contributed by atoms with Crippen LogP contribution in [0.2, 0.25) is 0 Å². The zero-order chi connectivity index (χ0) is 14.7. The van der Waals surface area contributed by atoms with Gasteiger partial charge in [0.05, 0.1) is 18.8 Å². The summed E-state index contributed by atoms with van der Waals surface area (Å²) in [7, 11) is 1.70. The Balaban J connectivity index is 2.03. The van der Waals surface area contributed by atoms with E-state index in [1.165, 1.54) is 38.3 Å². The molecule has 0 aliphatic heterocycles. The van der Waals surface area contributed by atoms with Crippen LogP contribution in [-0.4, -0.2) is 23.1 Å². The van der Waals surface area contributed by atoms with E-state index in [1.807, 2.05) is 18.2 Å². The van der Waals surface area contributed by atoms with Crippen LogP contribution in [0.5, 0.6) is 5.75 Å². The first-order valence-electron chi connectivity index (χ1n) is 7.66. The molecule has 1 aliphatic rings. The van der Waals surface area contributed by atoms with E-state index in [4.69, 9.17) is 9.94 Å². The van der Waals surface area contributed by atoms with Gasteiger partial charge in [-0.3, -0.25) is 0 Å². The third kappa shape index (κ3) is 2.75. The Bertz CT molecular complexity index is 640. The summed E-state index contributed by atoms with van der Waals surface area (Å²) in [5.74, 6) is 1.61. The van der Waals surface area contributed by atoms with Crippen LogP contribution in [-0.2, 0) is 6.54 Å². The van der Waals surface area contributed by atoms with E-state index in [0.717, 1.165) is 34.7 Å². The van der Waals surface area contributed by atoms with Crippen molar-refractivity contribution in [3.8, 4) is 5.75 Å². The van der Waals surface area contributed by atoms with E-state index in [9.17, 15) is 0 Å². The molecular formula is C17H22N2O2. The molecule has 21 heavy (non-hydrogen) atoms. The van der Waals surface area contributed by atoms with Gasteiger partial charge in [0.25, 0.3) is 0 Å². The van der Waals surface area contributed by atoms with Crippen LogP contribution in [0.15, 0.2) is 29.6 Å². The number of benzene rings is 1. The second-order valence-electron chi connectivity index (χ2n) is 5.84. The van der Waals surface area contributed by atoms with Crippen molar-refractivity contribution in [1.82, 2.24) is 4.57 Å². The summed E-state index contributed by atoms with van der Waals surface area (Å²) in [6.07, 6.45) is 10.2. The largest absolute Gasteiger partial charge is 0.495 e. The van der Waals surface area contributed by atoms with E-state index in [-0.39, 0.29) is 0 Å². The maximum absolute atomic E-state index is 8.87. The fourth-order valence-corrected chi connectivity index (χ4v) is 3.48. The Morgan fingerprint density at radius 3 is 2.86 bits per heavy atom. The SMILES string of the molecule is COc1cccc2c(/C=N/O)cn(CC3CCCCC3)c12. The molecule has 0 amide bonds. The molecule has 0 spiro atoms. The number of nitrogens with zero attached hydrogens (tertiary/aromatic N) is 2. The van der Waals surface area contributed by atoms with Gasteiger partial charge >= 0.3 is 0 Å². The predicted octanol–water partition coefficient (Wildman–Crippen LogP) is 4.04. The van der Waals surface area contributed by atoms with E-state index < -0.39 is 0 Å². The fraction of sp³-hybridized carbons (Fsp3) is 0.471. The molecule has 112 valence electrons. The quantitative estimate of drug-likeness (QED) is 0.524. The summed E-state index contributed by atoms with van der Waals surface area (Å²) in [6.45, 7) is 1.01. The van der Waals surface area contributed by atoms with Crippen molar-refractivity contribution >= 4 is 17.1 Å². The number of hydrogen-bond acceptors (Lipinski definition) is 3. The lowest BCUT2D eigenvalue weighted by atomic mass is 9.89. The van der Waals surface area contributed by atoms with E-state index in [0.29, 0.717) is 0 Å². The summed E-state index contributed by atoms with van der Waals surface area (Å²) < 4.78 is 7.79. The highest BCUT2D eigenvalue weighted by Gasteiger charge is 2.17. The lowest BCUT2D eigenvalue weighted by Gasteiger charge is -2.22. The summed E-state index contributed by atoms with van der Waals surface area (Å²) in [5, 5.41) is 13.1. The number of oxime groups is 1. The molecule has 1 aliphatic carbocycles. The standard InChI is InChI=1S/C17H22N2O2/c1-21-16-9-5-8-15-14(10-18-20)12-19(17(15)16)11-13-6-3-2-4-7-13/h5,8-10,12-13,20H,2-4,6-7,11H2,1H3/b18-10+. The molecule has 0 unspecified atom stereocenters. The van der Waals surface area contributed by atoms with Crippen molar-refractivity contribution in [2.24, 2.45) is 11.1 Å². The molecule has 0 atom stereocenters. The maximum atomic E-state index is 8.87. The van der Waals surface area contributed by atoms with Gasteiger partial charge in [-0.1, -0.05) is 36.6 Å². The molecule has 1 saturated carbocycles. The highest BCUT2D eigenvalue weighted by Crippen LogP contribution is 2.32. The van der Waals surface area contributed by atoms with Crippen molar-refractivity contribution in [3.05, 3.63) is 30.0 Å². The molecule has 1 N–H and O–H groups in total. The van der Waals surface area contributed by atoms with Gasteiger partial charge in [-0.25, -0.2) is 0 Å². The van der Waals surface area contributed by atoms with Crippen LogP contribution in [0.4, 0.5) is 0 Å². The minimum Gasteiger partial charge on any atom is -0.495 e. The van der Waals surface area contributed by atoms with E-state index >= 15 is 0 Å². The molecule has 1 aromatic carbocycles. The molecule has 3 rings (SSSR count). The third-order valence-corrected chi connectivity index (χ3v) is 4.49. The van der Waals surface area contributed by atoms with Crippen molar-refractivity contribution < 1.29 is 9.94 Å². The summed E-state index contributed by atoms with van der Waals surface area (Å²) in [4.78, 5) is 0. The number of fused-ring (bicyclic) bond motifs is 1. The Labute approximate surface area is 125 Å². The van der Waals surface area contributed by atoms with Gasteiger partial charge in [-0.15, -0.1) is 0 Å². The Morgan fingerprint density at radius 1 is 1.33 bits per heavy atom. The van der Waals surface area contributed by atoms with Crippen LogP contribution in [0.25, 0.3) is 10.9 Å². The molecule has 1 fully saturated rings. The van der Waals surface area contributed by atoms with Crippen LogP contribution in [0.1, 0.15) is 37.7 Å². The molecule has 0 saturated heterocycles. The molecule has 0 bridgehead atoms. The smallest absolute Gasteiger partial charge is 0.143 e. The Hall–Kier alpha value is -1.97. The number of aromatic nitrogens is 1. The molecule has 2 aromatic rings. The van der Waals surface area contributed by atoms with Crippen LogP contribution < -0.4 is 4.74 Å². The molecule has 0 radical (unpaired) electrons. The minimum atomic E-state index is 0.734. The fourth-order valence-electron chi connectivity index (χ4n) is 3.48. The third-order valence-electron chi connectivity index (χ3n) is 4.49. The molecule has 4 nitrogen and oxygen atoms in total. The van der Waals surface area contributed by atoms with Gasteiger partial charge in [0.15, 0.2) is 0 Å².